The average molecular weight is 188 g/mol. The molecule has 1 atom stereocenters. The molecule has 1 heterocycles. The van der Waals surface area contributed by atoms with Crippen LogP contribution in [0.15, 0.2) is 0 Å². The molecule has 0 bridgehead atoms. The third-order valence-corrected chi connectivity index (χ3v) is 3.04. The van der Waals surface area contributed by atoms with E-state index in [1.807, 2.05) is 18.1 Å². The van der Waals surface area contributed by atoms with E-state index in [4.69, 9.17) is 0 Å². The first-order valence-corrected chi connectivity index (χ1v) is 5.57. The van der Waals surface area contributed by atoms with Crippen molar-refractivity contribution in [1.29, 1.82) is 0 Å². The molecule has 3 nitrogen and oxygen atoms in total. The number of nitrogens with zero attached hydrogens (tertiary/aromatic N) is 1. The molecule has 0 radical (unpaired) electrons. The van der Waals surface area contributed by atoms with E-state index < -0.39 is 0 Å². The normalized spacial score (nSPS) is 20.7. The maximum Gasteiger partial charge on any atom is 0.235 e. The molecule has 70 valence electrons. The van der Waals surface area contributed by atoms with E-state index in [1.165, 1.54) is 0 Å². The Labute approximate surface area is 77.9 Å². The summed E-state index contributed by atoms with van der Waals surface area (Å²) in [7, 11) is 0. The minimum absolute atomic E-state index is 0.114. The van der Waals surface area contributed by atoms with E-state index in [1.54, 1.807) is 11.8 Å². The fraction of sp³-hybridized carbons (Fsp3) is 0.875. The maximum atomic E-state index is 11.6. The number of carbonyl (C=O) groups excluding carboxylic acids is 1. The first kappa shape index (κ1) is 9.86. The molecule has 1 unspecified atom stereocenters. The molecule has 1 saturated heterocycles. The Morgan fingerprint density at radius 2 is 2.08 bits per heavy atom. The summed E-state index contributed by atoms with van der Waals surface area (Å²) >= 11 is 1.61. The van der Waals surface area contributed by atoms with Crippen LogP contribution in [-0.4, -0.2) is 48.5 Å². The molecule has 1 fully saturated rings. The van der Waals surface area contributed by atoms with Crippen LogP contribution in [0.1, 0.15) is 6.92 Å². The van der Waals surface area contributed by atoms with Gasteiger partial charge in [0.25, 0.3) is 0 Å². The van der Waals surface area contributed by atoms with Gasteiger partial charge in [-0.3, -0.25) is 4.79 Å². The average Bonchev–Trinajstić information content (AvgIpc) is 2.17. The van der Waals surface area contributed by atoms with E-state index in [0.717, 1.165) is 26.2 Å². The fourth-order valence-electron chi connectivity index (χ4n) is 1.24. The molecule has 0 saturated carbocycles. The zero-order valence-corrected chi connectivity index (χ0v) is 8.49. The van der Waals surface area contributed by atoms with Gasteiger partial charge in [0.15, 0.2) is 0 Å². The fourth-order valence-corrected chi connectivity index (χ4v) is 1.59. The topological polar surface area (TPSA) is 32.3 Å². The van der Waals surface area contributed by atoms with Crippen molar-refractivity contribution in [2.24, 2.45) is 0 Å². The standard InChI is InChI=1S/C8H16N2OS/c1-7(12-2)8(11)10-5-3-9-4-6-10/h7,9H,3-6H2,1-2H3. The van der Waals surface area contributed by atoms with E-state index in [0.29, 0.717) is 0 Å². The van der Waals surface area contributed by atoms with Gasteiger partial charge in [0, 0.05) is 26.2 Å². The molecule has 1 amide bonds. The molecule has 0 aliphatic carbocycles. The van der Waals surface area contributed by atoms with E-state index in [9.17, 15) is 4.79 Å². The first-order valence-electron chi connectivity index (χ1n) is 4.28. The van der Waals surface area contributed by atoms with E-state index in [2.05, 4.69) is 5.32 Å². The summed E-state index contributed by atoms with van der Waals surface area (Å²) < 4.78 is 0. The zero-order chi connectivity index (χ0) is 8.97. The van der Waals surface area contributed by atoms with E-state index in [-0.39, 0.29) is 11.2 Å². The summed E-state index contributed by atoms with van der Waals surface area (Å²) in [6.07, 6.45) is 1.98. The van der Waals surface area contributed by atoms with Gasteiger partial charge < -0.3 is 10.2 Å². The lowest BCUT2D eigenvalue weighted by atomic mass is 10.3. The van der Waals surface area contributed by atoms with Crippen LogP contribution in [0.25, 0.3) is 0 Å². The lowest BCUT2D eigenvalue weighted by molar-refractivity contribution is -0.130. The molecular weight excluding hydrogens is 172 g/mol. The Kier molecular flexibility index (Phi) is 3.88. The number of piperazine rings is 1. The van der Waals surface area contributed by atoms with Crippen LogP contribution in [-0.2, 0) is 4.79 Å². The van der Waals surface area contributed by atoms with Gasteiger partial charge in [0.2, 0.25) is 5.91 Å². The van der Waals surface area contributed by atoms with Gasteiger partial charge in [-0.15, -0.1) is 0 Å². The quantitative estimate of drug-likeness (QED) is 0.670. The van der Waals surface area contributed by atoms with Crippen LogP contribution in [0, 0.1) is 0 Å². The van der Waals surface area contributed by atoms with Crippen molar-refractivity contribution in [2.45, 2.75) is 12.2 Å². The van der Waals surface area contributed by atoms with Gasteiger partial charge in [0.1, 0.15) is 0 Å². The molecule has 12 heavy (non-hydrogen) atoms. The molecule has 4 heteroatoms. The van der Waals surface area contributed by atoms with Gasteiger partial charge in [-0.05, 0) is 13.2 Å². The summed E-state index contributed by atoms with van der Waals surface area (Å²) in [5, 5.41) is 3.34. The molecule has 1 aliphatic rings. The van der Waals surface area contributed by atoms with Crippen molar-refractivity contribution in [1.82, 2.24) is 10.2 Å². The Balaban J connectivity index is 2.39. The molecule has 1 rings (SSSR count). The second kappa shape index (κ2) is 4.72. The van der Waals surface area contributed by atoms with Gasteiger partial charge in [-0.25, -0.2) is 0 Å². The lowest BCUT2D eigenvalue weighted by Crippen LogP contribution is -2.48. The van der Waals surface area contributed by atoms with Crippen LogP contribution >= 0.6 is 11.8 Å². The van der Waals surface area contributed by atoms with Gasteiger partial charge >= 0.3 is 0 Å². The number of thioether (sulfide) groups is 1. The minimum Gasteiger partial charge on any atom is -0.339 e. The predicted molar refractivity (Wildman–Crippen MR) is 52.4 cm³/mol. The summed E-state index contributed by atoms with van der Waals surface area (Å²) in [6.45, 7) is 5.57. The SMILES string of the molecule is CSC(C)C(=O)N1CCNCC1. The predicted octanol–water partition coefficient (Wildman–Crippen LogP) is 0.170. The second-order valence-corrected chi connectivity index (χ2v) is 4.13. The highest BCUT2D eigenvalue weighted by atomic mass is 32.2. The molecule has 1 N–H and O–H groups in total. The van der Waals surface area contributed by atoms with Crippen LogP contribution in [0.5, 0.6) is 0 Å². The largest absolute Gasteiger partial charge is 0.339 e. The number of amides is 1. The molecule has 0 spiro atoms. The van der Waals surface area contributed by atoms with Crippen molar-refractivity contribution < 1.29 is 4.79 Å². The Bertz CT molecular complexity index is 157. The van der Waals surface area contributed by atoms with E-state index >= 15 is 0 Å². The summed E-state index contributed by atoms with van der Waals surface area (Å²) in [6, 6.07) is 0. The zero-order valence-electron chi connectivity index (χ0n) is 7.67. The Morgan fingerprint density at radius 3 is 2.58 bits per heavy atom. The van der Waals surface area contributed by atoms with Gasteiger partial charge in [0.05, 0.1) is 5.25 Å². The third-order valence-electron chi connectivity index (χ3n) is 2.13. The van der Waals surface area contributed by atoms with Crippen molar-refractivity contribution >= 4 is 17.7 Å². The number of carbonyl (C=O) groups is 1. The van der Waals surface area contributed by atoms with Crippen LogP contribution < -0.4 is 5.32 Å². The highest BCUT2D eigenvalue weighted by Crippen LogP contribution is 2.09. The first-order chi connectivity index (χ1) is 5.75. The molecular formula is C8H16N2OS. The van der Waals surface area contributed by atoms with Crippen molar-refractivity contribution in [3.05, 3.63) is 0 Å². The van der Waals surface area contributed by atoms with Crippen molar-refractivity contribution in [3.8, 4) is 0 Å². The highest BCUT2D eigenvalue weighted by Gasteiger charge is 2.20. The number of rotatable bonds is 2. The third kappa shape index (κ3) is 2.38. The van der Waals surface area contributed by atoms with Crippen LogP contribution in [0.2, 0.25) is 0 Å². The highest BCUT2D eigenvalue weighted by molar-refractivity contribution is 7.99. The summed E-state index contributed by atoms with van der Waals surface area (Å²) in [4.78, 5) is 13.5. The van der Waals surface area contributed by atoms with Crippen molar-refractivity contribution in [2.75, 3.05) is 32.4 Å². The monoisotopic (exact) mass is 188 g/mol. The number of nitrogens with one attached hydrogen (secondary N) is 1. The summed E-state index contributed by atoms with van der Waals surface area (Å²) in [5.74, 6) is 0.281. The Morgan fingerprint density at radius 1 is 1.50 bits per heavy atom. The smallest absolute Gasteiger partial charge is 0.235 e. The molecule has 0 aromatic heterocycles. The van der Waals surface area contributed by atoms with Crippen molar-refractivity contribution in [3.63, 3.8) is 0 Å². The maximum absolute atomic E-state index is 11.6. The molecule has 1 aliphatic heterocycles. The van der Waals surface area contributed by atoms with Crippen LogP contribution in [0.4, 0.5) is 0 Å². The Hall–Kier alpha value is -0.220. The molecule has 0 aromatic rings. The van der Waals surface area contributed by atoms with Gasteiger partial charge in [-0.2, -0.15) is 11.8 Å². The van der Waals surface area contributed by atoms with Gasteiger partial charge in [-0.1, -0.05) is 0 Å². The second-order valence-electron chi connectivity index (χ2n) is 2.95. The summed E-state index contributed by atoms with van der Waals surface area (Å²) in [5.41, 5.74) is 0. The number of hydrogen-bond acceptors (Lipinski definition) is 3. The lowest BCUT2D eigenvalue weighted by Gasteiger charge is -2.29. The number of hydrogen-bond donors (Lipinski definition) is 1. The van der Waals surface area contributed by atoms with Crippen LogP contribution in [0.3, 0.4) is 0 Å². The minimum atomic E-state index is 0.114. The molecule has 0 aromatic carbocycles.